The molecular weight excluding hydrogens is 694 g/mol. The summed E-state index contributed by atoms with van der Waals surface area (Å²) < 4.78 is 57.2. The van der Waals surface area contributed by atoms with Crippen molar-refractivity contribution < 1.29 is 52.0 Å². The fourth-order valence-corrected chi connectivity index (χ4v) is 6.85. The summed E-state index contributed by atoms with van der Waals surface area (Å²) in [6, 6.07) is 4.88. The monoisotopic (exact) mass is 734 g/mol. The number of carbonyl (C=O) groups excluding carboxylic acids is 3. The molecule has 7 atom stereocenters. The summed E-state index contributed by atoms with van der Waals surface area (Å²) in [6.45, 7) is 5.21. The average molecular weight is 735 g/mol. The molecule has 3 aliphatic rings. The number of rotatable bonds is 4. The van der Waals surface area contributed by atoms with Gasteiger partial charge in [0, 0.05) is 38.6 Å². The van der Waals surface area contributed by atoms with Crippen LogP contribution in [0.2, 0.25) is 5.02 Å². The van der Waals surface area contributed by atoms with Crippen molar-refractivity contribution >= 4 is 46.8 Å². The quantitative estimate of drug-likeness (QED) is 0.241. The molecule has 2 fully saturated rings. The van der Waals surface area contributed by atoms with Crippen LogP contribution in [0.5, 0.6) is 5.75 Å². The Hall–Kier alpha value is -4.44. The third-order valence-electron chi connectivity index (χ3n) is 9.52. The van der Waals surface area contributed by atoms with Gasteiger partial charge in [-0.05, 0) is 38.0 Å². The number of epoxide rings is 1. The molecule has 2 aromatic carbocycles. The number of alkyl carbamates (subject to hydrolysis) is 1. The summed E-state index contributed by atoms with van der Waals surface area (Å²) in [5.74, 6) is -2.82. The third kappa shape index (κ3) is 7.91. The van der Waals surface area contributed by atoms with Gasteiger partial charge < -0.3 is 39.4 Å². The molecule has 13 nitrogen and oxygen atoms in total. The molecule has 276 valence electrons. The van der Waals surface area contributed by atoms with Gasteiger partial charge in [0.1, 0.15) is 46.3 Å². The number of aliphatic hydroxyl groups is 1. The third-order valence-corrected chi connectivity index (χ3v) is 9.90. The first-order chi connectivity index (χ1) is 24.0. The molecule has 0 aromatic heterocycles. The molecule has 0 spiro atoms. The Morgan fingerprint density at radius 3 is 2.61 bits per heavy atom. The SMILES string of the molecule is COc1cc2cc(c1Cl)N(C)C(=O)C[C@H](OC(=O)Nc1cc(F)c(N)cc1F)[C@]1(C)O[C@H]1[C@H](C)[C@@H]1C[C@@](O)(NC(=O)O1)[C@H](OC)/C=C/C=C(\C)C2. The van der Waals surface area contributed by atoms with Crippen molar-refractivity contribution in [2.45, 2.75) is 75.8 Å². The number of nitrogens with one attached hydrogen (secondary N) is 2. The number of hydrogen-bond donors (Lipinski definition) is 4. The van der Waals surface area contributed by atoms with Crippen LogP contribution in [0.25, 0.3) is 0 Å². The smallest absolute Gasteiger partial charge is 0.412 e. The van der Waals surface area contributed by atoms with E-state index in [1.54, 1.807) is 38.1 Å². The minimum atomic E-state index is -1.87. The van der Waals surface area contributed by atoms with E-state index in [1.807, 2.05) is 13.0 Å². The lowest BCUT2D eigenvalue weighted by Crippen LogP contribution is -2.63. The highest BCUT2D eigenvalue weighted by atomic mass is 35.5. The van der Waals surface area contributed by atoms with E-state index in [0.717, 1.165) is 11.1 Å². The second-order valence-corrected chi connectivity index (χ2v) is 13.5. The van der Waals surface area contributed by atoms with Crippen LogP contribution in [0, 0.1) is 17.6 Å². The molecule has 0 radical (unpaired) electrons. The Morgan fingerprint density at radius 2 is 1.92 bits per heavy atom. The van der Waals surface area contributed by atoms with Crippen molar-refractivity contribution in [2.75, 3.05) is 37.2 Å². The topological polar surface area (TPSA) is 174 Å². The molecule has 16 heteroatoms. The van der Waals surface area contributed by atoms with E-state index in [9.17, 15) is 28.3 Å². The molecule has 5 rings (SSSR count). The number of hydrogen-bond acceptors (Lipinski definition) is 10. The molecule has 2 aromatic rings. The van der Waals surface area contributed by atoms with Gasteiger partial charge in [-0.15, -0.1) is 0 Å². The van der Waals surface area contributed by atoms with Crippen LogP contribution in [-0.4, -0.2) is 80.2 Å². The lowest BCUT2D eigenvalue weighted by molar-refractivity contribution is -0.142. The number of carbonyl (C=O) groups is 3. The van der Waals surface area contributed by atoms with Crippen molar-refractivity contribution in [3.63, 3.8) is 0 Å². The summed E-state index contributed by atoms with van der Waals surface area (Å²) in [7, 11) is 4.34. The van der Waals surface area contributed by atoms with Gasteiger partial charge in [-0.3, -0.25) is 15.4 Å². The van der Waals surface area contributed by atoms with Crippen molar-refractivity contribution in [3.05, 3.63) is 70.3 Å². The maximum absolute atomic E-state index is 14.6. The molecule has 0 aliphatic carbocycles. The first-order valence-corrected chi connectivity index (χ1v) is 16.5. The van der Waals surface area contributed by atoms with Gasteiger partial charge in [0.2, 0.25) is 5.91 Å². The molecular formula is C35H41ClF2N4O9. The highest BCUT2D eigenvalue weighted by Crippen LogP contribution is 2.49. The number of anilines is 3. The zero-order valence-corrected chi connectivity index (χ0v) is 29.7. The summed E-state index contributed by atoms with van der Waals surface area (Å²) in [6.07, 6.45) is -1.07. The zero-order valence-electron chi connectivity index (χ0n) is 28.9. The number of nitrogens with two attached hydrogens (primary N) is 1. The fourth-order valence-electron chi connectivity index (χ4n) is 6.53. The number of fused-ring (bicyclic) bond motifs is 5. The Bertz CT molecular complexity index is 1780. The maximum atomic E-state index is 14.6. The molecule has 0 saturated carbocycles. The number of methoxy groups -OCH3 is 2. The lowest BCUT2D eigenvalue weighted by atomic mass is 9.83. The molecule has 4 bridgehead atoms. The van der Waals surface area contributed by atoms with Gasteiger partial charge >= 0.3 is 12.2 Å². The van der Waals surface area contributed by atoms with E-state index in [4.69, 9.17) is 41.0 Å². The van der Waals surface area contributed by atoms with Gasteiger partial charge in [-0.2, -0.15) is 0 Å². The molecule has 51 heavy (non-hydrogen) atoms. The minimum absolute atomic E-state index is 0.110. The van der Waals surface area contributed by atoms with Crippen molar-refractivity contribution in [1.82, 2.24) is 5.32 Å². The van der Waals surface area contributed by atoms with Crippen LogP contribution in [0.1, 0.15) is 39.2 Å². The number of ether oxygens (including phenoxy) is 5. The number of allylic oxidation sites excluding steroid dienone is 3. The van der Waals surface area contributed by atoms with Gasteiger partial charge in [-0.1, -0.05) is 42.3 Å². The average Bonchev–Trinajstić information content (AvgIpc) is 3.76. The summed E-state index contributed by atoms with van der Waals surface area (Å²) >= 11 is 6.69. The van der Waals surface area contributed by atoms with Crippen LogP contribution < -0.4 is 26.0 Å². The van der Waals surface area contributed by atoms with E-state index in [-0.39, 0.29) is 11.4 Å². The van der Waals surface area contributed by atoms with Crippen LogP contribution in [0.4, 0.5) is 35.4 Å². The van der Waals surface area contributed by atoms with E-state index >= 15 is 0 Å². The highest BCUT2D eigenvalue weighted by molar-refractivity contribution is 6.35. The van der Waals surface area contributed by atoms with Crippen LogP contribution >= 0.6 is 11.6 Å². The Morgan fingerprint density at radius 1 is 1.20 bits per heavy atom. The largest absolute Gasteiger partial charge is 0.495 e. The van der Waals surface area contributed by atoms with Crippen molar-refractivity contribution in [3.8, 4) is 5.75 Å². The standard InChI is InChI=1S/C35H41ClF2N4O9/c1-17-8-7-9-27(48-6)35(46)16-26(49-33(45)41-35)18(2)31-34(3,51-31)28(50-32(44)40-23-14-20(37)22(39)13-21(23)38)15-29(43)42(4)24-11-19(10-17)12-25(47-5)30(24)36/h7-9,11-14,18,26-28,31,46H,10,15-16,39H2,1-6H3,(H,40,44)(H,41,45)/b9-7+,17-8+/t18-,26+,27-,28+,31+,34+,35+/m1/s1. The number of nitrogens with zero attached hydrogens (tertiary/aromatic N) is 1. The molecule has 2 saturated heterocycles. The Balaban J connectivity index is 1.54. The second-order valence-electron chi connectivity index (χ2n) is 13.2. The number of halogens is 3. The predicted octanol–water partition coefficient (Wildman–Crippen LogP) is 5.23. The molecule has 3 aliphatic heterocycles. The van der Waals surface area contributed by atoms with Gasteiger partial charge in [-0.25, -0.2) is 18.4 Å². The van der Waals surface area contributed by atoms with E-state index < -0.39 is 89.2 Å². The predicted molar refractivity (Wildman–Crippen MR) is 184 cm³/mol. The minimum Gasteiger partial charge on any atom is -0.495 e. The van der Waals surface area contributed by atoms with E-state index in [2.05, 4.69) is 10.6 Å². The first-order valence-electron chi connectivity index (χ1n) is 16.1. The van der Waals surface area contributed by atoms with Gasteiger partial charge in [0.15, 0.2) is 5.72 Å². The highest BCUT2D eigenvalue weighted by Gasteiger charge is 2.64. The number of benzene rings is 2. The maximum Gasteiger partial charge on any atom is 0.412 e. The number of nitrogen functional groups attached to an aromatic ring is 1. The number of amides is 3. The molecule has 3 amide bonds. The first kappa shape index (κ1) is 37.8. The normalized spacial score (nSPS) is 31.3. The molecule has 0 unspecified atom stereocenters. The van der Waals surface area contributed by atoms with E-state index in [0.29, 0.717) is 30.0 Å². The van der Waals surface area contributed by atoms with Crippen LogP contribution in [0.3, 0.4) is 0 Å². The fraction of sp³-hybridized carbons (Fsp3) is 0.457. The molecule has 5 N–H and O–H groups in total. The second kappa shape index (κ2) is 14.7. The summed E-state index contributed by atoms with van der Waals surface area (Å²) in [4.78, 5) is 41.2. The van der Waals surface area contributed by atoms with Crippen LogP contribution in [-0.2, 0) is 30.2 Å². The van der Waals surface area contributed by atoms with Gasteiger partial charge in [0.05, 0.1) is 36.7 Å². The molecule has 3 heterocycles. The summed E-state index contributed by atoms with van der Waals surface area (Å²) in [5.41, 5.74) is 3.17. The van der Waals surface area contributed by atoms with Gasteiger partial charge in [0.25, 0.3) is 0 Å². The van der Waals surface area contributed by atoms with Crippen molar-refractivity contribution in [1.29, 1.82) is 0 Å². The van der Waals surface area contributed by atoms with E-state index in [1.165, 1.54) is 26.2 Å². The van der Waals surface area contributed by atoms with Crippen LogP contribution in [0.15, 0.2) is 48.1 Å². The Kier molecular flexibility index (Phi) is 10.9. The zero-order chi connectivity index (χ0) is 37.4. The lowest BCUT2D eigenvalue weighted by Gasteiger charge is -2.42. The summed E-state index contributed by atoms with van der Waals surface area (Å²) in [5, 5.41) is 16.4. The Labute approximate surface area is 298 Å². The van der Waals surface area contributed by atoms with Crippen molar-refractivity contribution in [2.24, 2.45) is 5.92 Å².